The number of hydrogen-bond acceptors (Lipinski definition) is 5. The number of ketones is 1. The molecule has 5 nitrogen and oxygen atoms in total. The summed E-state index contributed by atoms with van der Waals surface area (Å²) in [6.07, 6.45) is 7.16. The largest absolute Gasteiger partial charge is 0.462 e. The number of hydrogen-bond donors (Lipinski definition) is 0. The van der Waals surface area contributed by atoms with E-state index in [9.17, 15) is 14.4 Å². The molecule has 3 saturated carbocycles. The molecule has 0 aromatic carbocycles. The van der Waals surface area contributed by atoms with Crippen LogP contribution in [0.25, 0.3) is 0 Å². The molecule has 0 aromatic heterocycles. The predicted octanol–water partition coefficient (Wildman–Crippen LogP) is 4.63. The van der Waals surface area contributed by atoms with Gasteiger partial charge in [-0.3, -0.25) is 14.4 Å². The molecular weight excluding hydrogens is 380 g/mol. The van der Waals surface area contributed by atoms with Gasteiger partial charge in [-0.05, 0) is 61.9 Å². The first-order valence-corrected chi connectivity index (χ1v) is 11.5. The highest BCUT2D eigenvalue weighted by Crippen LogP contribution is 2.66. The van der Waals surface area contributed by atoms with Crippen LogP contribution in [0, 0.1) is 34.0 Å². The summed E-state index contributed by atoms with van der Waals surface area (Å²) < 4.78 is 11.4. The molecule has 0 aromatic rings. The van der Waals surface area contributed by atoms with Gasteiger partial charge in [0.15, 0.2) is 5.78 Å². The van der Waals surface area contributed by atoms with E-state index in [1.807, 2.05) is 6.08 Å². The topological polar surface area (TPSA) is 69.7 Å². The standard InChI is InChI=1S/C25H36O5/c1-14(26)29-20-10-12-24(5)17-9-11-25(6)16(7-8-21(25)30-15(2)27)22(17)18(28)13-19(24)23(20,3)4/h13,16-17,20-22H,7-12H2,1-6H3/t16-,17+,20+,21+,22+,24+,25+/m1/s1. The first kappa shape index (κ1) is 21.6. The Kier molecular flexibility index (Phi) is 4.98. The minimum atomic E-state index is -0.351. The molecule has 0 bridgehead atoms. The molecule has 0 spiro atoms. The second-order valence-electron chi connectivity index (χ2n) is 11.2. The molecule has 166 valence electrons. The predicted molar refractivity (Wildman–Crippen MR) is 112 cm³/mol. The van der Waals surface area contributed by atoms with Crippen LogP contribution in [0.3, 0.4) is 0 Å². The van der Waals surface area contributed by atoms with Gasteiger partial charge in [0.25, 0.3) is 0 Å². The van der Waals surface area contributed by atoms with Crippen LogP contribution in [0.15, 0.2) is 11.6 Å². The lowest BCUT2D eigenvalue weighted by molar-refractivity contribution is -0.161. The van der Waals surface area contributed by atoms with Crippen LogP contribution < -0.4 is 0 Å². The normalized spacial score (nSPS) is 44.3. The van der Waals surface area contributed by atoms with Crippen LogP contribution in [-0.4, -0.2) is 29.9 Å². The number of carbonyl (C=O) groups excluding carboxylic acids is 3. The van der Waals surface area contributed by atoms with Gasteiger partial charge >= 0.3 is 11.9 Å². The maximum atomic E-state index is 13.6. The summed E-state index contributed by atoms with van der Waals surface area (Å²) >= 11 is 0. The monoisotopic (exact) mass is 416 g/mol. The molecule has 5 heteroatoms. The van der Waals surface area contributed by atoms with Gasteiger partial charge in [0.2, 0.25) is 0 Å². The van der Waals surface area contributed by atoms with Crippen molar-refractivity contribution in [2.45, 2.75) is 92.3 Å². The summed E-state index contributed by atoms with van der Waals surface area (Å²) in [5.74, 6) is 0.308. The average Bonchev–Trinajstić information content (AvgIpc) is 2.95. The molecule has 0 amide bonds. The minimum absolute atomic E-state index is 0.000802. The maximum absolute atomic E-state index is 13.6. The van der Waals surface area contributed by atoms with Crippen molar-refractivity contribution in [3.05, 3.63) is 11.6 Å². The minimum Gasteiger partial charge on any atom is -0.462 e. The summed E-state index contributed by atoms with van der Waals surface area (Å²) in [5, 5.41) is 0. The van der Waals surface area contributed by atoms with E-state index < -0.39 is 0 Å². The fourth-order valence-corrected chi connectivity index (χ4v) is 7.81. The van der Waals surface area contributed by atoms with E-state index in [1.165, 1.54) is 13.8 Å². The Bertz CT molecular complexity index is 810. The van der Waals surface area contributed by atoms with Crippen molar-refractivity contribution < 1.29 is 23.9 Å². The molecule has 30 heavy (non-hydrogen) atoms. The van der Waals surface area contributed by atoms with Crippen molar-refractivity contribution in [2.75, 3.05) is 0 Å². The molecule has 0 aliphatic heterocycles. The molecule has 0 heterocycles. The zero-order valence-electron chi connectivity index (χ0n) is 19.2. The molecule has 0 N–H and O–H groups in total. The summed E-state index contributed by atoms with van der Waals surface area (Å²) in [7, 11) is 0. The second-order valence-corrected chi connectivity index (χ2v) is 11.2. The highest BCUT2D eigenvalue weighted by Gasteiger charge is 2.64. The van der Waals surface area contributed by atoms with Gasteiger partial charge < -0.3 is 9.47 Å². The molecular formula is C25H36O5. The summed E-state index contributed by atoms with van der Waals surface area (Å²) in [4.78, 5) is 36.9. The Balaban J connectivity index is 1.70. The second kappa shape index (κ2) is 6.93. The van der Waals surface area contributed by atoms with Gasteiger partial charge in [-0.2, -0.15) is 0 Å². The highest BCUT2D eigenvalue weighted by atomic mass is 16.5. The lowest BCUT2D eigenvalue weighted by Crippen LogP contribution is -2.57. The van der Waals surface area contributed by atoms with E-state index in [2.05, 4.69) is 27.7 Å². The van der Waals surface area contributed by atoms with Crippen molar-refractivity contribution in [1.29, 1.82) is 0 Å². The molecule has 4 rings (SSSR count). The first-order chi connectivity index (χ1) is 13.9. The van der Waals surface area contributed by atoms with E-state index in [0.29, 0.717) is 5.92 Å². The number of fused-ring (bicyclic) bond motifs is 5. The van der Waals surface area contributed by atoms with E-state index in [1.54, 1.807) is 0 Å². The fourth-order valence-electron chi connectivity index (χ4n) is 7.81. The summed E-state index contributed by atoms with van der Waals surface area (Å²) in [6, 6.07) is 0. The maximum Gasteiger partial charge on any atom is 0.302 e. The lowest BCUT2D eigenvalue weighted by atomic mass is 9.44. The molecule has 0 radical (unpaired) electrons. The SMILES string of the molecule is CC(=O)O[C@H]1CC[C@]2(C)C(=CC(=O)[C@H]3[C@H]4CC[C@H](OC(C)=O)[C@@]4(C)CC[C@@H]32)C1(C)C. The number of esters is 2. The molecule has 0 saturated heterocycles. The Morgan fingerprint density at radius 2 is 1.50 bits per heavy atom. The van der Waals surface area contributed by atoms with Crippen LogP contribution in [0.4, 0.5) is 0 Å². The van der Waals surface area contributed by atoms with Gasteiger partial charge in [-0.1, -0.05) is 33.3 Å². The van der Waals surface area contributed by atoms with Gasteiger partial charge in [0.05, 0.1) is 0 Å². The summed E-state index contributed by atoms with van der Waals surface area (Å²) in [6.45, 7) is 11.7. The molecule has 7 atom stereocenters. The number of ether oxygens (including phenoxy) is 2. The van der Waals surface area contributed by atoms with Crippen molar-refractivity contribution in [1.82, 2.24) is 0 Å². The Morgan fingerprint density at radius 3 is 2.13 bits per heavy atom. The zero-order valence-corrected chi connectivity index (χ0v) is 19.2. The number of rotatable bonds is 2. The Hall–Kier alpha value is -1.65. The molecule has 3 fully saturated rings. The zero-order chi connectivity index (χ0) is 22.1. The highest BCUT2D eigenvalue weighted by molar-refractivity contribution is 5.95. The Morgan fingerprint density at radius 1 is 0.867 bits per heavy atom. The fraction of sp³-hybridized carbons (Fsp3) is 0.800. The van der Waals surface area contributed by atoms with Crippen molar-refractivity contribution in [3.63, 3.8) is 0 Å². The third kappa shape index (κ3) is 2.98. The van der Waals surface area contributed by atoms with E-state index in [0.717, 1.165) is 44.1 Å². The molecule has 0 unspecified atom stereocenters. The molecule has 4 aliphatic rings. The molecule has 4 aliphatic carbocycles. The van der Waals surface area contributed by atoms with E-state index >= 15 is 0 Å². The third-order valence-electron chi connectivity index (χ3n) is 9.27. The number of carbonyl (C=O) groups is 3. The van der Waals surface area contributed by atoms with Crippen LogP contribution in [0.2, 0.25) is 0 Å². The average molecular weight is 417 g/mol. The number of allylic oxidation sites excluding steroid dienone is 1. The first-order valence-electron chi connectivity index (χ1n) is 11.5. The van der Waals surface area contributed by atoms with E-state index in [-0.39, 0.29) is 58.0 Å². The Labute approximate surface area is 179 Å². The van der Waals surface area contributed by atoms with Gasteiger partial charge in [-0.15, -0.1) is 0 Å². The third-order valence-corrected chi connectivity index (χ3v) is 9.27. The van der Waals surface area contributed by atoms with Crippen LogP contribution >= 0.6 is 0 Å². The van der Waals surface area contributed by atoms with Gasteiger partial charge in [0.1, 0.15) is 12.2 Å². The van der Waals surface area contributed by atoms with Crippen LogP contribution in [0.5, 0.6) is 0 Å². The van der Waals surface area contributed by atoms with Crippen molar-refractivity contribution >= 4 is 17.7 Å². The van der Waals surface area contributed by atoms with Crippen LogP contribution in [0.1, 0.15) is 80.1 Å². The van der Waals surface area contributed by atoms with Gasteiger partial charge in [0, 0.05) is 30.6 Å². The van der Waals surface area contributed by atoms with Gasteiger partial charge in [-0.25, -0.2) is 0 Å². The summed E-state index contributed by atoms with van der Waals surface area (Å²) in [5.41, 5.74) is 0.640. The smallest absolute Gasteiger partial charge is 0.302 e. The quantitative estimate of drug-likeness (QED) is 0.614. The van der Waals surface area contributed by atoms with Crippen molar-refractivity contribution in [2.24, 2.45) is 34.0 Å². The lowest BCUT2D eigenvalue weighted by Gasteiger charge is -2.60. The van der Waals surface area contributed by atoms with Crippen molar-refractivity contribution in [3.8, 4) is 0 Å². The van der Waals surface area contributed by atoms with Crippen LogP contribution in [-0.2, 0) is 23.9 Å². The van der Waals surface area contributed by atoms with E-state index in [4.69, 9.17) is 9.47 Å².